The molecule has 1 aliphatic carbocycles. The van der Waals surface area contributed by atoms with E-state index in [0.29, 0.717) is 20.7 Å². The molecule has 0 bridgehead atoms. The Labute approximate surface area is 125 Å². The molecule has 1 aromatic carbocycles. The van der Waals surface area contributed by atoms with Gasteiger partial charge >= 0.3 is 0 Å². The van der Waals surface area contributed by atoms with Crippen LogP contribution in [-0.4, -0.2) is 21.1 Å². The average Bonchev–Trinajstić information content (AvgIpc) is 3.16. The maximum Gasteiger partial charge on any atom is 0.216 e. The van der Waals surface area contributed by atoms with E-state index in [1.165, 1.54) is 0 Å². The predicted octanol–water partition coefficient (Wildman–Crippen LogP) is 4.01. The number of aromatic nitrogens is 3. The number of H-pyrrole nitrogens is 1. The fourth-order valence-electron chi connectivity index (χ4n) is 1.74. The molecule has 0 aliphatic heterocycles. The third-order valence-corrected chi connectivity index (χ3v) is 3.89. The van der Waals surface area contributed by atoms with E-state index in [2.05, 4.69) is 15.3 Å². The summed E-state index contributed by atoms with van der Waals surface area (Å²) in [5.41, 5.74) is 0.860. The van der Waals surface area contributed by atoms with Gasteiger partial charge in [-0.05, 0) is 42.8 Å². The molecule has 1 aliphatic rings. The largest absolute Gasteiger partial charge is 0.250 e. The molecule has 0 saturated heterocycles. The highest BCUT2D eigenvalue weighted by Crippen LogP contribution is 2.38. The number of halogens is 2. The highest BCUT2D eigenvalue weighted by molar-refractivity contribution is 7.71. The second-order valence-corrected chi connectivity index (χ2v) is 5.59. The summed E-state index contributed by atoms with van der Waals surface area (Å²) in [6, 6.07) is 5.34. The standard InChI is InChI=1S/C12H10Cl2N4S/c13-9-4-1-7(5-10(9)14)6-15-18-11(8-2-3-8)16-17-12(18)19/h1,4-6,8H,2-3H2,(H,17,19)/b15-6-. The van der Waals surface area contributed by atoms with Crippen molar-refractivity contribution in [1.82, 2.24) is 14.9 Å². The van der Waals surface area contributed by atoms with Gasteiger partial charge in [-0.1, -0.05) is 29.3 Å². The molecular formula is C12H10Cl2N4S. The van der Waals surface area contributed by atoms with Crippen LogP contribution in [0.25, 0.3) is 0 Å². The first-order valence-corrected chi connectivity index (χ1v) is 6.98. The molecule has 0 radical (unpaired) electrons. The SMILES string of the molecule is S=c1[nH]nc(C2CC2)n1/N=C\c1ccc(Cl)c(Cl)c1. The predicted molar refractivity (Wildman–Crippen MR) is 78.8 cm³/mol. The average molecular weight is 313 g/mol. The van der Waals surface area contributed by atoms with E-state index < -0.39 is 0 Å². The van der Waals surface area contributed by atoms with Crippen molar-refractivity contribution < 1.29 is 0 Å². The maximum absolute atomic E-state index is 5.96. The molecule has 1 saturated carbocycles. The third-order valence-electron chi connectivity index (χ3n) is 2.88. The van der Waals surface area contributed by atoms with Crippen molar-refractivity contribution in [3.8, 4) is 0 Å². The fourth-order valence-corrected chi connectivity index (χ4v) is 2.23. The zero-order valence-electron chi connectivity index (χ0n) is 9.81. The van der Waals surface area contributed by atoms with E-state index in [4.69, 9.17) is 35.4 Å². The Morgan fingerprint density at radius 2 is 2.16 bits per heavy atom. The van der Waals surface area contributed by atoms with Gasteiger partial charge in [-0.15, -0.1) is 0 Å². The fraction of sp³-hybridized carbons (Fsp3) is 0.250. The van der Waals surface area contributed by atoms with Crippen LogP contribution in [0, 0.1) is 4.77 Å². The molecule has 1 fully saturated rings. The van der Waals surface area contributed by atoms with Crippen LogP contribution in [0.15, 0.2) is 23.3 Å². The van der Waals surface area contributed by atoms with Gasteiger partial charge in [-0.25, -0.2) is 0 Å². The summed E-state index contributed by atoms with van der Waals surface area (Å²) in [5.74, 6) is 1.36. The van der Waals surface area contributed by atoms with Crippen LogP contribution in [0.5, 0.6) is 0 Å². The summed E-state index contributed by atoms with van der Waals surface area (Å²) in [6.45, 7) is 0. The summed E-state index contributed by atoms with van der Waals surface area (Å²) < 4.78 is 2.16. The second-order valence-electron chi connectivity index (χ2n) is 4.39. The van der Waals surface area contributed by atoms with E-state index >= 15 is 0 Å². The highest BCUT2D eigenvalue weighted by atomic mass is 35.5. The first kappa shape index (κ1) is 12.8. The number of nitrogens with one attached hydrogen (secondary N) is 1. The number of hydrogen-bond donors (Lipinski definition) is 1. The van der Waals surface area contributed by atoms with Crippen LogP contribution < -0.4 is 0 Å². The maximum atomic E-state index is 5.96. The quantitative estimate of drug-likeness (QED) is 0.687. The third kappa shape index (κ3) is 2.73. The lowest BCUT2D eigenvalue weighted by Gasteiger charge is -1.99. The Morgan fingerprint density at radius 3 is 2.84 bits per heavy atom. The van der Waals surface area contributed by atoms with Gasteiger partial charge in [0.05, 0.1) is 16.3 Å². The molecule has 3 rings (SSSR count). The summed E-state index contributed by atoms with van der Waals surface area (Å²) in [6.07, 6.45) is 3.98. The zero-order valence-corrected chi connectivity index (χ0v) is 12.1. The topological polar surface area (TPSA) is 46.0 Å². The van der Waals surface area contributed by atoms with Gasteiger partial charge in [-0.2, -0.15) is 14.9 Å². The summed E-state index contributed by atoms with van der Waals surface area (Å²) in [5, 5.41) is 12.4. The van der Waals surface area contributed by atoms with Gasteiger partial charge in [0, 0.05) is 5.92 Å². The molecule has 0 spiro atoms. The van der Waals surface area contributed by atoms with Crippen molar-refractivity contribution in [3.05, 3.63) is 44.4 Å². The van der Waals surface area contributed by atoms with Crippen molar-refractivity contribution in [2.24, 2.45) is 5.10 Å². The summed E-state index contributed by atoms with van der Waals surface area (Å²) in [4.78, 5) is 0. The molecule has 0 atom stereocenters. The lowest BCUT2D eigenvalue weighted by Crippen LogP contribution is -1.97. The Balaban J connectivity index is 1.91. The minimum absolute atomic E-state index is 0.471. The first-order valence-electron chi connectivity index (χ1n) is 5.82. The minimum atomic E-state index is 0.471. The molecule has 1 aromatic heterocycles. The van der Waals surface area contributed by atoms with Crippen molar-refractivity contribution >= 4 is 41.6 Å². The lowest BCUT2D eigenvalue weighted by molar-refractivity contribution is 0.773. The normalized spacial score (nSPS) is 15.3. The Hall–Kier alpha value is -1.17. The number of rotatable bonds is 3. The molecule has 0 amide bonds. The van der Waals surface area contributed by atoms with Crippen LogP contribution >= 0.6 is 35.4 Å². The molecule has 19 heavy (non-hydrogen) atoms. The number of nitrogens with zero attached hydrogens (tertiary/aromatic N) is 3. The van der Waals surface area contributed by atoms with Gasteiger partial charge in [0.1, 0.15) is 0 Å². The van der Waals surface area contributed by atoms with Crippen molar-refractivity contribution in [2.75, 3.05) is 0 Å². The van der Waals surface area contributed by atoms with Crippen LogP contribution in [0.3, 0.4) is 0 Å². The molecule has 2 aromatic rings. The Kier molecular flexibility index (Phi) is 3.43. The highest BCUT2D eigenvalue weighted by Gasteiger charge is 2.29. The van der Waals surface area contributed by atoms with Crippen molar-refractivity contribution in [3.63, 3.8) is 0 Å². The molecule has 1 heterocycles. The molecule has 0 unspecified atom stereocenters. The van der Waals surface area contributed by atoms with E-state index in [1.807, 2.05) is 6.07 Å². The Morgan fingerprint density at radius 1 is 1.37 bits per heavy atom. The van der Waals surface area contributed by atoms with Gasteiger partial charge in [0.25, 0.3) is 0 Å². The number of aromatic amines is 1. The monoisotopic (exact) mass is 312 g/mol. The molecule has 98 valence electrons. The second kappa shape index (κ2) is 5.07. The van der Waals surface area contributed by atoms with Crippen LogP contribution in [0.2, 0.25) is 10.0 Å². The molecule has 1 N–H and O–H groups in total. The van der Waals surface area contributed by atoms with E-state index in [9.17, 15) is 0 Å². The van der Waals surface area contributed by atoms with Gasteiger partial charge in [0.2, 0.25) is 4.77 Å². The molecule has 7 heteroatoms. The van der Waals surface area contributed by atoms with Gasteiger partial charge in [-0.3, -0.25) is 5.10 Å². The minimum Gasteiger partial charge on any atom is -0.250 e. The van der Waals surface area contributed by atoms with Crippen molar-refractivity contribution in [2.45, 2.75) is 18.8 Å². The van der Waals surface area contributed by atoms with Crippen molar-refractivity contribution in [1.29, 1.82) is 0 Å². The first-order chi connectivity index (χ1) is 9.15. The van der Waals surface area contributed by atoms with Crippen LogP contribution in [-0.2, 0) is 0 Å². The number of hydrogen-bond acceptors (Lipinski definition) is 3. The molecular weight excluding hydrogens is 303 g/mol. The van der Waals surface area contributed by atoms with Crippen LogP contribution in [0.4, 0.5) is 0 Å². The Bertz CT molecular complexity index is 700. The summed E-state index contributed by atoms with van der Waals surface area (Å²) in [7, 11) is 0. The van der Waals surface area contributed by atoms with Crippen LogP contribution in [0.1, 0.15) is 30.1 Å². The smallest absolute Gasteiger partial charge is 0.216 e. The number of benzene rings is 1. The van der Waals surface area contributed by atoms with Gasteiger partial charge < -0.3 is 0 Å². The van der Waals surface area contributed by atoms with Gasteiger partial charge in [0.15, 0.2) is 5.82 Å². The lowest BCUT2D eigenvalue weighted by atomic mass is 10.2. The zero-order chi connectivity index (χ0) is 13.4. The van der Waals surface area contributed by atoms with E-state index in [0.717, 1.165) is 24.2 Å². The van der Waals surface area contributed by atoms with E-state index in [-0.39, 0.29) is 0 Å². The summed E-state index contributed by atoms with van der Waals surface area (Å²) >= 11 is 17.0. The van der Waals surface area contributed by atoms with E-state index in [1.54, 1.807) is 23.0 Å². The molecule has 4 nitrogen and oxygen atoms in total.